The number of pyridine rings is 1. The van der Waals surface area contributed by atoms with Crippen LogP contribution in [-0.2, 0) is 0 Å². The molecule has 4 rings (SSSR count). The Morgan fingerprint density at radius 2 is 1.86 bits per heavy atom. The average Bonchev–Trinajstić information content (AvgIpc) is 3.11. The molecular weight excluding hydrogens is 387 g/mol. The van der Waals surface area contributed by atoms with E-state index < -0.39 is 18.0 Å². The summed E-state index contributed by atoms with van der Waals surface area (Å²) in [6.07, 6.45) is -3.24. The van der Waals surface area contributed by atoms with Gasteiger partial charge >= 0.3 is 6.36 Å². The van der Waals surface area contributed by atoms with Crippen LogP contribution in [0.2, 0.25) is 0 Å². The second-order valence-corrected chi connectivity index (χ2v) is 5.95. The van der Waals surface area contributed by atoms with E-state index in [1.54, 1.807) is 42.6 Å². The zero-order valence-corrected chi connectivity index (χ0v) is 14.6. The van der Waals surface area contributed by atoms with Crippen LogP contribution < -0.4 is 10.1 Å². The fraction of sp³-hybridized carbons (Fsp3) is 0.0500. The van der Waals surface area contributed by atoms with Crippen LogP contribution in [0.4, 0.5) is 18.9 Å². The van der Waals surface area contributed by atoms with Crippen LogP contribution in [0.3, 0.4) is 0 Å². The second kappa shape index (κ2) is 7.27. The summed E-state index contributed by atoms with van der Waals surface area (Å²) < 4.78 is 46.6. The molecule has 1 N–H and O–H groups in total. The summed E-state index contributed by atoms with van der Waals surface area (Å²) in [5, 5.41) is 2.63. The lowest BCUT2D eigenvalue weighted by atomic mass is 10.1. The maximum atomic E-state index is 12.4. The molecule has 4 aromatic rings. The summed E-state index contributed by atoms with van der Waals surface area (Å²) >= 11 is 0. The standard InChI is InChI=1S/C20H12F3N3O3/c21-20(22,23)29-15-7-2-4-12(11-15)18(27)25-14-6-1-5-13(10-14)19-26-17-16(28-19)8-3-9-24-17/h1-11H,(H,25,27). The number of benzene rings is 2. The summed E-state index contributed by atoms with van der Waals surface area (Å²) in [5.74, 6) is -0.734. The number of hydrogen-bond donors (Lipinski definition) is 1. The Balaban J connectivity index is 1.55. The van der Waals surface area contributed by atoms with E-state index in [9.17, 15) is 18.0 Å². The van der Waals surface area contributed by atoms with E-state index in [1.807, 2.05) is 0 Å². The third-order valence-electron chi connectivity index (χ3n) is 3.86. The summed E-state index contributed by atoms with van der Waals surface area (Å²) in [6.45, 7) is 0. The number of oxazole rings is 1. The molecule has 0 aliphatic rings. The number of fused-ring (bicyclic) bond motifs is 1. The van der Waals surface area contributed by atoms with Gasteiger partial charge in [-0.15, -0.1) is 13.2 Å². The molecule has 2 aromatic carbocycles. The van der Waals surface area contributed by atoms with Crippen molar-refractivity contribution in [2.45, 2.75) is 6.36 Å². The van der Waals surface area contributed by atoms with Gasteiger partial charge < -0.3 is 14.5 Å². The Labute approximate surface area is 162 Å². The number of nitrogens with zero attached hydrogens (tertiary/aromatic N) is 2. The predicted octanol–water partition coefficient (Wildman–Crippen LogP) is 5.04. The van der Waals surface area contributed by atoms with Crippen molar-refractivity contribution < 1.29 is 27.1 Å². The number of carbonyl (C=O) groups excluding carboxylic acids is 1. The molecule has 0 fully saturated rings. The average molecular weight is 399 g/mol. The van der Waals surface area contributed by atoms with Gasteiger partial charge in [-0.2, -0.15) is 4.98 Å². The SMILES string of the molecule is O=C(Nc1cccc(-c2nc3ncccc3o2)c1)c1cccc(OC(F)(F)F)c1. The third-order valence-corrected chi connectivity index (χ3v) is 3.86. The molecule has 29 heavy (non-hydrogen) atoms. The van der Waals surface area contributed by atoms with E-state index in [4.69, 9.17) is 4.42 Å². The smallest absolute Gasteiger partial charge is 0.434 e. The Morgan fingerprint density at radius 1 is 1.03 bits per heavy atom. The lowest BCUT2D eigenvalue weighted by molar-refractivity contribution is -0.274. The Bertz CT molecular complexity index is 1160. The van der Waals surface area contributed by atoms with Crippen molar-refractivity contribution in [2.75, 3.05) is 5.32 Å². The van der Waals surface area contributed by atoms with Crippen molar-refractivity contribution in [3.05, 3.63) is 72.4 Å². The molecule has 6 nitrogen and oxygen atoms in total. The zero-order valence-electron chi connectivity index (χ0n) is 14.6. The van der Waals surface area contributed by atoms with Crippen molar-refractivity contribution in [3.63, 3.8) is 0 Å². The van der Waals surface area contributed by atoms with E-state index in [2.05, 4.69) is 20.0 Å². The fourth-order valence-electron chi connectivity index (χ4n) is 2.66. The summed E-state index contributed by atoms with van der Waals surface area (Å²) in [5.41, 5.74) is 2.03. The maximum absolute atomic E-state index is 12.4. The number of hydrogen-bond acceptors (Lipinski definition) is 5. The summed E-state index contributed by atoms with van der Waals surface area (Å²) in [4.78, 5) is 20.8. The molecule has 146 valence electrons. The first-order valence-electron chi connectivity index (χ1n) is 8.36. The van der Waals surface area contributed by atoms with Crippen LogP contribution in [0.1, 0.15) is 10.4 Å². The number of aromatic nitrogens is 2. The zero-order chi connectivity index (χ0) is 20.4. The molecule has 0 atom stereocenters. The van der Waals surface area contributed by atoms with Gasteiger partial charge in [-0.3, -0.25) is 4.79 Å². The molecule has 0 aliphatic carbocycles. The number of nitrogens with one attached hydrogen (secondary N) is 1. The lowest BCUT2D eigenvalue weighted by Gasteiger charge is -2.10. The highest BCUT2D eigenvalue weighted by Gasteiger charge is 2.31. The molecule has 0 saturated carbocycles. The minimum atomic E-state index is -4.84. The maximum Gasteiger partial charge on any atom is 0.573 e. The molecule has 9 heteroatoms. The highest BCUT2D eigenvalue weighted by Crippen LogP contribution is 2.26. The van der Waals surface area contributed by atoms with E-state index in [0.29, 0.717) is 28.4 Å². The molecule has 0 saturated heterocycles. The van der Waals surface area contributed by atoms with Crippen LogP contribution in [0.25, 0.3) is 22.7 Å². The topological polar surface area (TPSA) is 77.3 Å². The summed E-state index contributed by atoms with van der Waals surface area (Å²) in [6, 6.07) is 15.0. The van der Waals surface area contributed by atoms with Crippen molar-refractivity contribution in [2.24, 2.45) is 0 Å². The van der Waals surface area contributed by atoms with Crippen molar-refractivity contribution in [3.8, 4) is 17.2 Å². The molecule has 0 aliphatic heterocycles. The first-order chi connectivity index (χ1) is 13.9. The van der Waals surface area contributed by atoms with Gasteiger partial charge in [0.25, 0.3) is 5.91 Å². The van der Waals surface area contributed by atoms with Crippen LogP contribution >= 0.6 is 0 Å². The Hall–Kier alpha value is -3.88. The van der Waals surface area contributed by atoms with Crippen LogP contribution in [0.15, 0.2) is 71.3 Å². The Morgan fingerprint density at radius 3 is 2.66 bits per heavy atom. The molecule has 0 spiro atoms. The molecule has 0 bridgehead atoms. The van der Waals surface area contributed by atoms with Gasteiger partial charge in [0.15, 0.2) is 11.2 Å². The molecular formula is C20H12F3N3O3. The van der Waals surface area contributed by atoms with Crippen molar-refractivity contribution >= 4 is 22.8 Å². The lowest BCUT2D eigenvalue weighted by Crippen LogP contribution is -2.18. The van der Waals surface area contributed by atoms with Gasteiger partial charge in [0.1, 0.15) is 5.75 Å². The number of amides is 1. The van der Waals surface area contributed by atoms with Gasteiger partial charge in [0.05, 0.1) is 0 Å². The fourth-order valence-corrected chi connectivity index (χ4v) is 2.66. The van der Waals surface area contributed by atoms with Crippen LogP contribution in [0.5, 0.6) is 5.75 Å². The monoisotopic (exact) mass is 399 g/mol. The van der Waals surface area contributed by atoms with E-state index in [0.717, 1.165) is 12.1 Å². The molecule has 0 unspecified atom stereocenters. The van der Waals surface area contributed by atoms with Crippen LogP contribution in [0, 0.1) is 0 Å². The third kappa shape index (κ3) is 4.34. The largest absolute Gasteiger partial charge is 0.573 e. The quantitative estimate of drug-likeness (QED) is 0.520. The highest BCUT2D eigenvalue weighted by molar-refractivity contribution is 6.04. The van der Waals surface area contributed by atoms with E-state index >= 15 is 0 Å². The first-order valence-corrected chi connectivity index (χ1v) is 8.36. The van der Waals surface area contributed by atoms with E-state index in [1.165, 1.54) is 12.1 Å². The molecule has 0 radical (unpaired) electrons. The second-order valence-electron chi connectivity index (χ2n) is 5.95. The van der Waals surface area contributed by atoms with Gasteiger partial charge in [0.2, 0.25) is 5.89 Å². The first kappa shape index (κ1) is 18.5. The van der Waals surface area contributed by atoms with Gasteiger partial charge in [0, 0.05) is 23.0 Å². The van der Waals surface area contributed by atoms with Crippen LogP contribution in [-0.4, -0.2) is 22.2 Å². The number of carbonyl (C=O) groups is 1. The number of rotatable bonds is 4. The molecule has 1 amide bonds. The van der Waals surface area contributed by atoms with Gasteiger partial charge in [-0.25, -0.2) is 4.98 Å². The van der Waals surface area contributed by atoms with E-state index in [-0.39, 0.29) is 5.56 Å². The predicted molar refractivity (Wildman–Crippen MR) is 98.3 cm³/mol. The minimum absolute atomic E-state index is 0.0169. The summed E-state index contributed by atoms with van der Waals surface area (Å²) in [7, 11) is 0. The number of ether oxygens (including phenoxy) is 1. The van der Waals surface area contributed by atoms with Crippen molar-refractivity contribution in [1.82, 2.24) is 9.97 Å². The van der Waals surface area contributed by atoms with Crippen molar-refractivity contribution in [1.29, 1.82) is 0 Å². The minimum Gasteiger partial charge on any atom is -0.434 e. The number of alkyl halides is 3. The molecule has 2 aromatic heterocycles. The van der Waals surface area contributed by atoms with Gasteiger partial charge in [-0.05, 0) is 48.5 Å². The van der Waals surface area contributed by atoms with Gasteiger partial charge in [-0.1, -0.05) is 12.1 Å². The molecule has 2 heterocycles. The number of halogens is 3. The highest BCUT2D eigenvalue weighted by atomic mass is 19.4. The normalized spacial score (nSPS) is 11.4. The Kier molecular flexibility index (Phi) is 4.63. The number of anilines is 1.